The van der Waals surface area contributed by atoms with Crippen LogP contribution in [0.1, 0.15) is 17.7 Å². The zero-order valence-corrected chi connectivity index (χ0v) is 14.0. The first-order valence-electron chi connectivity index (χ1n) is 6.79. The van der Waals surface area contributed by atoms with Crippen molar-refractivity contribution in [2.75, 3.05) is 20.2 Å². The van der Waals surface area contributed by atoms with E-state index in [1.54, 1.807) is 13.0 Å². The molecule has 0 saturated carbocycles. The average Bonchev–Trinajstić information content (AvgIpc) is 2.93. The summed E-state index contributed by atoms with van der Waals surface area (Å²) >= 11 is 1.11. The van der Waals surface area contributed by atoms with Crippen LogP contribution in [-0.4, -0.2) is 45.5 Å². The summed E-state index contributed by atoms with van der Waals surface area (Å²) in [5.74, 6) is -1.14. The smallest absolute Gasteiger partial charge is 0.409 e. The topological polar surface area (TPSA) is 92.8 Å². The average molecular weight is 346 g/mol. The van der Waals surface area contributed by atoms with Gasteiger partial charge in [-0.2, -0.15) is 0 Å². The number of sulfonamides is 1. The molecular weight excluding hydrogens is 328 g/mol. The number of rotatable bonds is 3. The molecule has 1 aliphatic rings. The molecule has 0 aliphatic carbocycles. The van der Waals surface area contributed by atoms with Gasteiger partial charge >= 0.3 is 6.09 Å². The fraction of sp³-hybridized carbons (Fsp3) is 0.538. The van der Waals surface area contributed by atoms with Gasteiger partial charge in [0.05, 0.1) is 13.0 Å². The molecule has 1 aliphatic heterocycles. The Morgan fingerprint density at radius 1 is 1.41 bits per heavy atom. The van der Waals surface area contributed by atoms with E-state index < -0.39 is 27.9 Å². The van der Waals surface area contributed by atoms with Gasteiger partial charge in [0.1, 0.15) is 4.21 Å². The van der Waals surface area contributed by atoms with Gasteiger partial charge < -0.3 is 9.64 Å². The van der Waals surface area contributed by atoms with E-state index >= 15 is 0 Å². The number of thiophene rings is 1. The highest BCUT2D eigenvalue weighted by Gasteiger charge is 2.31. The molecule has 9 heteroatoms. The summed E-state index contributed by atoms with van der Waals surface area (Å²) in [5.41, 5.74) is 0. The minimum atomic E-state index is -3.85. The van der Waals surface area contributed by atoms with E-state index in [1.807, 2.05) is 0 Å². The number of carbonyl (C=O) groups excluding carboxylic acids is 2. The van der Waals surface area contributed by atoms with Crippen molar-refractivity contribution in [3.8, 4) is 0 Å². The van der Waals surface area contributed by atoms with Gasteiger partial charge in [0, 0.05) is 18.0 Å². The fourth-order valence-corrected chi connectivity index (χ4v) is 4.64. The summed E-state index contributed by atoms with van der Waals surface area (Å²) in [6, 6.07) is 3.15. The number of ether oxygens (including phenoxy) is 1. The van der Waals surface area contributed by atoms with E-state index in [0.29, 0.717) is 19.4 Å². The summed E-state index contributed by atoms with van der Waals surface area (Å²) in [5, 5.41) is 0. The Morgan fingerprint density at radius 2 is 2.14 bits per heavy atom. The Balaban J connectivity index is 2.04. The summed E-state index contributed by atoms with van der Waals surface area (Å²) in [6.45, 7) is 2.46. The number of nitrogens with zero attached hydrogens (tertiary/aromatic N) is 1. The molecule has 1 saturated heterocycles. The quantitative estimate of drug-likeness (QED) is 0.891. The molecule has 1 N–H and O–H groups in total. The first kappa shape index (κ1) is 16.8. The van der Waals surface area contributed by atoms with E-state index in [4.69, 9.17) is 0 Å². The van der Waals surface area contributed by atoms with Gasteiger partial charge in [-0.1, -0.05) is 0 Å². The number of piperidine rings is 1. The molecule has 1 atom stereocenters. The van der Waals surface area contributed by atoms with Gasteiger partial charge in [0.25, 0.3) is 10.0 Å². The minimum absolute atomic E-state index is 0.110. The Kier molecular flexibility index (Phi) is 5.07. The third kappa shape index (κ3) is 3.77. The molecule has 0 aromatic carbocycles. The lowest BCUT2D eigenvalue weighted by atomic mass is 9.98. The van der Waals surface area contributed by atoms with Gasteiger partial charge in [0.2, 0.25) is 5.91 Å². The Bertz CT molecular complexity index is 668. The first-order valence-corrected chi connectivity index (χ1v) is 9.09. The van der Waals surface area contributed by atoms with Crippen LogP contribution in [0.5, 0.6) is 0 Å². The van der Waals surface area contributed by atoms with E-state index in [1.165, 1.54) is 18.1 Å². The predicted octanol–water partition coefficient (Wildman–Crippen LogP) is 1.34. The van der Waals surface area contributed by atoms with Crippen molar-refractivity contribution in [1.82, 2.24) is 9.62 Å². The second-order valence-corrected chi connectivity index (χ2v) is 8.29. The van der Waals surface area contributed by atoms with Crippen LogP contribution in [0.4, 0.5) is 4.79 Å². The molecule has 0 bridgehead atoms. The lowest BCUT2D eigenvalue weighted by molar-refractivity contribution is -0.124. The Labute approximate surface area is 133 Å². The number of amides is 2. The van der Waals surface area contributed by atoms with Crippen molar-refractivity contribution in [3.05, 3.63) is 17.0 Å². The van der Waals surface area contributed by atoms with Crippen LogP contribution in [0.15, 0.2) is 16.3 Å². The van der Waals surface area contributed by atoms with Crippen LogP contribution in [0.3, 0.4) is 0 Å². The van der Waals surface area contributed by atoms with Crippen LogP contribution >= 0.6 is 11.3 Å². The third-order valence-electron chi connectivity index (χ3n) is 3.44. The van der Waals surface area contributed by atoms with Crippen LogP contribution in [0.25, 0.3) is 0 Å². The highest BCUT2D eigenvalue weighted by molar-refractivity contribution is 7.92. The first-order chi connectivity index (χ1) is 10.3. The molecule has 1 unspecified atom stereocenters. The maximum absolute atomic E-state index is 12.2. The van der Waals surface area contributed by atoms with E-state index in [9.17, 15) is 18.0 Å². The maximum atomic E-state index is 12.2. The number of hydrogen-bond donors (Lipinski definition) is 1. The van der Waals surface area contributed by atoms with E-state index in [0.717, 1.165) is 16.2 Å². The van der Waals surface area contributed by atoms with Crippen molar-refractivity contribution >= 4 is 33.4 Å². The molecule has 2 rings (SSSR count). The highest BCUT2D eigenvalue weighted by Crippen LogP contribution is 2.22. The van der Waals surface area contributed by atoms with Gasteiger partial charge in [-0.05, 0) is 31.9 Å². The Morgan fingerprint density at radius 3 is 2.73 bits per heavy atom. The molecule has 1 fully saturated rings. The monoisotopic (exact) mass is 346 g/mol. The van der Waals surface area contributed by atoms with Crippen LogP contribution in [-0.2, 0) is 19.6 Å². The SMILES string of the molecule is COC(=O)N1CCCC(C(=O)NS(=O)(=O)c2ccc(C)s2)C1. The number of nitrogens with one attached hydrogen (secondary N) is 1. The normalized spacial score (nSPS) is 18.8. The van der Waals surface area contributed by atoms with Crippen LogP contribution < -0.4 is 4.72 Å². The zero-order chi connectivity index (χ0) is 16.3. The van der Waals surface area contributed by atoms with Crippen molar-refractivity contribution < 1.29 is 22.7 Å². The molecule has 0 spiro atoms. The standard InChI is InChI=1S/C13H18N2O5S2/c1-9-5-6-11(21-9)22(18,19)14-12(16)10-4-3-7-15(8-10)13(17)20-2/h5-6,10H,3-4,7-8H2,1-2H3,(H,14,16). The molecule has 2 heterocycles. The lowest BCUT2D eigenvalue weighted by Crippen LogP contribution is -2.46. The Hall–Kier alpha value is -1.61. The molecule has 22 heavy (non-hydrogen) atoms. The highest BCUT2D eigenvalue weighted by atomic mass is 32.2. The lowest BCUT2D eigenvalue weighted by Gasteiger charge is -2.30. The number of hydrogen-bond acceptors (Lipinski definition) is 6. The molecule has 1 aromatic rings. The number of likely N-dealkylation sites (tertiary alicyclic amines) is 1. The summed E-state index contributed by atoms with van der Waals surface area (Å²) in [6.07, 6.45) is 0.665. The molecule has 2 amide bonds. The van der Waals surface area contributed by atoms with Crippen molar-refractivity contribution in [3.63, 3.8) is 0 Å². The molecule has 7 nitrogen and oxygen atoms in total. The summed E-state index contributed by atoms with van der Waals surface area (Å²) in [4.78, 5) is 25.9. The van der Waals surface area contributed by atoms with E-state index in [2.05, 4.69) is 9.46 Å². The van der Waals surface area contributed by atoms with Gasteiger partial charge in [-0.25, -0.2) is 17.9 Å². The minimum Gasteiger partial charge on any atom is -0.453 e. The molecule has 0 radical (unpaired) electrons. The van der Waals surface area contributed by atoms with Gasteiger partial charge in [0.15, 0.2) is 0 Å². The van der Waals surface area contributed by atoms with Crippen molar-refractivity contribution in [1.29, 1.82) is 0 Å². The largest absolute Gasteiger partial charge is 0.453 e. The second kappa shape index (κ2) is 6.66. The number of aryl methyl sites for hydroxylation is 1. The molecular formula is C13H18N2O5S2. The second-order valence-electron chi connectivity index (χ2n) is 5.09. The fourth-order valence-electron chi connectivity index (χ4n) is 2.31. The zero-order valence-electron chi connectivity index (χ0n) is 12.4. The van der Waals surface area contributed by atoms with Crippen molar-refractivity contribution in [2.24, 2.45) is 5.92 Å². The van der Waals surface area contributed by atoms with Crippen LogP contribution in [0.2, 0.25) is 0 Å². The van der Waals surface area contributed by atoms with Gasteiger partial charge in [-0.15, -0.1) is 11.3 Å². The third-order valence-corrected chi connectivity index (χ3v) is 6.28. The number of carbonyl (C=O) groups is 2. The van der Waals surface area contributed by atoms with Crippen LogP contribution in [0, 0.1) is 12.8 Å². The van der Waals surface area contributed by atoms with Crippen molar-refractivity contribution in [2.45, 2.75) is 24.0 Å². The molecule has 122 valence electrons. The maximum Gasteiger partial charge on any atom is 0.409 e. The van der Waals surface area contributed by atoms with E-state index in [-0.39, 0.29) is 10.8 Å². The number of methoxy groups -OCH3 is 1. The predicted molar refractivity (Wildman–Crippen MR) is 81.1 cm³/mol. The summed E-state index contributed by atoms with van der Waals surface area (Å²) < 4.78 is 31.1. The van der Waals surface area contributed by atoms with Gasteiger partial charge in [-0.3, -0.25) is 4.79 Å². The summed E-state index contributed by atoms with van der Waals surface area (Å²) in [7, 11) is -2.57. The molecule has 1 aromatic heterocycles.